The molecule has 0 bridgehead atoms. The van der Waals surface area contributed by atoms with Gasteiger partial charge in [0.15, 0.2) is 6.23 Å². The summed E-state index contributed by atoms with van der Waals surface area (Å²) in [6, 6.07) is 23.9. The van der Waals surface area contributed by atoms with Gasteiger partial charge in [0.05, 0.1) is 4.90 Å². The van der Waals surface area contributed by atoms with E-state index in [9.17, 15) is 13.2 Å². The quantitative estimate of drug-likeness (QED) is 0.484. The first-order chi connectivity index (χ1) is 14.5. The number of nitrogens with one attached hydrogen (secondary N) is 1. The van der Waals surface area contributed by atoms with Crippen LogP contribution in [0.5, 0.6) is 0 Å². The summed E-state index contributed by atoms with van der Waals surface area (Å²) in [4.78, 5) is 12.7. The number of hydrogen-bond acceptors (Lipinski definition) is 6. The van der Waals surface area contributed by atoms with E-state index in [-0.39, 0.29) is 11.5 Å². The Balaban J connectivity index is 1.53. The summed E-state index contributed by atoms with van der Waals surface area (Å²) in [7, 11) is -4.02. The van der Waals surface area contributed by atoms with Gasteiger partial charge in [-0.05, 0) is 29.7 Å². The number of hydrogen-bond donors (Lipinski definition) is 1. The van der Waals surface area contributed by atoms with Gasteiger partial charge in [0.1, 0.15) is 12.6 Å². The second kappa shape index (κ2) is 8.79. The van der Waals surface area contributed by atoms with Gasteiger partial charge in [-0.15, -0.1) is 0 Å². The van der Waals surface area contributed by atoms with Gasteiger partial charge in [-0.25, -0.2) is 4.18 Å². The van der Waals surface area contributed by atoms with Gasteiger partial charge in [-0.1, -0.05) is 72.8 Å². The van der Waals surface area contributed by atoms with Gasteiger partial charge in [-0.3, -0.25) is 10.1 Å². The molecule has 0 radical (unpaired) electrons. The maximum Gasteiger partial charge on any atom is 0.323 e. The van der Waals surface area contributed by atoms with Crippen molar-refractivity contribution in [2.75, 3.05) is 0 Å². The minimum Gasteiger partial charge on any atom is -0.460 e. The largest absolute Gasteiger partial charge is 0.460 e. The molecule has 6 nitrogen and oxygen atoms in total. The van der Waals surface area contributed by atoms with E-state index < -0.39 is 28.4 Å². The molecule has 3 aromatic carbocycles. The van der Waals surface area contributed by atoms with Crippen molar-refractivity contribution in [3.63, 3.8) is 0 Å². The van der Waals surface area contributed by atoms with Crippen molar-refractivity contribution in [3.8, 4) is 0 Å². The monoisotopic (exact) mass is 423 g/mol. The zero-order valence-electron chi connectivity index (χ0n) is 16.1. The van der Waals surface area contributed by atoms with Crippen LogP contribution in [-0.4, -0.2) is 20.4 Å². The summed E-state index contributed by atoms with van der Waals surface area (Å²) in [5, 5.41) is 3.00. The molecule has 4 rings (SSSR count). The van der Waals surface area contributed by atoms with Crippen molar-refractivity contribution in [2.45, 2.75) is 30.2 Å². The lowest BCUT2D eigenvalue weighted by molar-refractivity contribution is -0.148. The average Bonchev–Trinajstić information content (AvgIpc) is 2.78. The number of rotatable bonds is 6. The predicted octanol–water partition coefficient (Wildman–Crippen LogP) is 3.35. The molecule has 2 unspecified atom stereocenters. The van der Waals surface area contributed by atoms with E-state index in [4.69, 9.17) is 8.92 Å². The van der Waals surface area contributed by atoms with Crippen LogP contribution in [0.1, 0.15) is 22.9 Å². The van der Waals surface area contributed by atoms with E-state index >= 15 is 0 Å². The van der Waals surface area contributed by atoms with E-state index in [2.05, 4.69) is 5.32 Å². The van der Waals surface area contributed by atoms with Gasteiger partial charge in [0.2, 0.25) is 0 Å². The first-order valence-electron chi connectivity index (χ1n) is 9.56. The van der Waals surface area contributed by atoms with Gasteiger partial charge >= 0.3 is 5.97 Å². The third kappa shape index (κ3) is 4.59. The molecule has 1 N–H and O–H groups in total. The molecule has 0 spiro atoms. The molecule has 1 aliphatic rings. The minimum atomic E-state index is -4.02. The zero-order chi connectivity index (χ0) is 21.0. The Hall–Kier alpha value is -3.00. The molecule has 2 atom stereocenters. The minimum absolute atomic E-state index is 0.0538. The van der Waals surface area contributed by atoms with Crippen molar-refractivity contribution in [2.24, 2.45) is 0 Å². The van der Waals surface area contributed by atoms with Crippen LogP contribution in [0.4, 0.5) is 0 Å². The molecule has 0 saturated heterocycles. The van der Waals surface area contributed by atoms with Gasteiger partial charge in [0.25, 0.3) is 10.1 Å². The molecule has 0 aromatic heterocycles. The van der Waals surface area contributed by atoms with Crippen LogP contribution < -0.4 is 5.32 Å². The molecule has 0 saturated carbocycles. The Bertz CT molecular complexity index is 1120. The third-order valence-corrected chi connectivity index (χ3v) is 6.17. The van der Waals surface area contributed by atoms with E-state index in [1.165, 1.54) is 12.1 Å². The number of carbonyl (C=O) groups is 1. The molecule has 30 heavy (non-hydrogen) atoms. The maximum atomic E-state index is 12.7. The van der Waals surface area contributed by atoms with Crippen molar-refractivity contribution >= 4 is 16.1 Å². The van der Waals surface area contributed by atoms with Crippen LogP contribution in [0.25, 0.3) is 0 Å². The molecule has 3 aromatic rings. The van der Waals surface area contributed by atoms with E-state index in [0.29, 0.717) is 12.0 Å². The second-order valence-corrected chi connectivity index (χ2v) is 8.53. The topological polar surface area (TPSA) is 81.7 Å². The highest BCUT2D eigenvalue weighted by Gasteiger charge is 2.34. The molecule has 1 aliphatic heterocycles. The van der Waals surface area contributed by atoms with Crippen molar-refractivity contribution in [3.05, 3.63) is 102 Å². The number of carbonyl (C=O) groups excluding carboxylic acids is 1. The number of ether oxygens (including phenoxy) is 1. The molecule has 7 heteroatoms. The molecule has 0 fully saturated rings. The first kappa shape index (κ1) is 20.3. The zero-order valence-corrected chi connectivity index (χ0v) is 16.9. The summed E-state index contributed by atoms with van der Waals surface area (Å²) in [6.07, 6.45) is -0.607. The SMILES string of the molecule is O=C(OCc1ccccc1)C1Cc2ccccc2C(OS(=O)(=O)c2ccccc2)N1. The molecule has 0 aliphatic carbocycles. The average molecular weight is 423 g/mol. The number of esters is 1. The Labute approximate surface area is 175 Å². The fourth-order valence-electron chi connectivity index (χ4n) is 3.36. The Morgan fingerprint density at radius 2 is 1.53 bits per heavy atom. The summed E-state index contributed by atoms with van der Waals surface area (Å²) >= 11 is 0. The normalized spacial score (nSPS) is 18.4. The van der Waals surface area contributed by atoms with Crippen molar-refractivity contribution < 1.29 is 22.1 Å². The van der Waals surface area contributed by atoms with Crippen molar-refractivity contribution in [1.29, 1.82) is 0 Å². The highest BCUT2D eigenvalue weighted by Crippen LogP contribution is 2.29. The lowest BCUT2D eigenvalue weighted by atomic mass is 9.94. The van der Waals surface area contributed by atoms with Crippen LogP contribution in [0.15, 0.2) is 89.8 Å². The Morgan fingerprint density at radius 3 is 2.27 bits per heavy atom. The Kier molecular flexibility index (Phi) is 5.94. The van der Waals surface area contributed by atoms with Crippen LogP contribution in [0, 0.1) is 0 Å². The summed E-state index contributed by atoms with van der Waals surface area (Å²) in [5.41, 5.74) is 2.40. The lowest BCUT2D eigenvalue weighted by Crippen LogP contribution is -2.46. The smallest absolute Gasteiger partial charge is 0.323 e. The number of benzene rings is 3. The summed E-state index contributed by atoms with van der Waals surface area (Å²) < 4.78 is 36.4. The second-order valence-electron chi connectivity index (χ2n) is 6.96. The Morgan fingerprint density at radius 1 is 0.900 bits per heavy atom. The van der Waals surface area contributed by atoms with Gasteiger partial charge in [0, 0.05) is 5.56 Å². The first-order valence-corrected chi connectivity index (χ1v) is 11.0. The lowest BCUT2D eigenvalue weighted by Gasteiger charge is -2.31. The predicted molar refractivity (Wildman–Crippen MR) is 111 cm³/mol. The highest BCUT2D eigenvalue weighted by atomic mass is 32.2. The third-order valence-electron chi connectivity index (χ3n) is 4.88. The van der Waals surface area contributed by atoms with E-state index in [1.807, 2.05) is 42.5 Å². The van der Waals surface area contributed by atoms with Crippen LogP contribution in [0.2, 0.25) is 0 Å². The molecule has 154 valence electrons. The maximum absolute atomic E-state index is 12.7. The van der Waals surface area contributed by atoms with Crippen LogP contribution in [0.3, 0.4) is 0 Å². The van der Waals surface area contributed by atoms with Crippen LogP contribution in [-0.2, 0) is 36.9 Å². The molecular formula is C23H21NO5S. The molecule has 1 heterocycles. The van der Waals surface area contributed by atoms with Gasteiger partial charge < -0.3 is 4.74 Å². The standard InChI is InChI=1S/C23H21NO5S/c25-23(28-16-17-9-3-1-4-10-17)21-15-18-11-7-8-14-20(18)22(24-21)29-30(26,27)19-12-5-2-6-13-19/h1-14,21-22,24H,15-16H2. The molecular weight excluding hydrogens is 402 g/mol. The van der Waals surface area contributed by atoms with E-state index in [0.717, 1.165) is 11.1 Å². The number of fused-ring (bicyclic) bond motifs is 1. The fraction of sp³-hybridized carbons (Fsp3) is 0.174. The van der Waals surface area contributed by atoms with Crippen LogP contribution >= 0.6 is 0 Å². The highest BCUT2D eigenvalue weighted by molar-refractivity contribution is 7.86. The van der Waals surface area contributed by atoms with Crippen molar-refractivity contribution in [1.82, 2.24) is 5.32 Å². The molecule has 0 amide bonds. The van der Waals surface area contributed by atoms with E-state index in [1.54, 1.807) is 30.3 Å². The summed E-state index contributed by atoms with van der Waals surface area (Å²) in [6.45, 7) is 0.146. The summed E-state index contributed by atoms with van der Waals surface area (Å²) in [5.74, 6) is -0.459. The fourth-order valence-corrected chi connectivity index (χ4v) is 4.37. The van der Waals surface area contributed by atoms with Gasteiger partial charge in [-0.2, -0.15) is 8.42 Å².